The SMILES string of the molecule is COCCCOCCNCc1cccc2cccnc12. The molecule has 1 aromatic carbocycles. The molecule has 0 atom stereocenters. The highest BCUT2D eigenvalue weighted by Gasteiger charge is 2.00. The van der Waals surface area contributed by atoms with Gasteiger partial charge in [0.1, 0.15) is 0 Å². The molecule has 0 unspecified atom stereocenters. The van der Waals surface area contributed by atoms with E-state index in [2.05, 4.69) is 34.6 Å². The van der Waals surface area contributed by atoms with Crippen molar-refractivity contribution < 1.29 is 9.47 Å². The Kier molecular flexibility index (Phi) is 6.44. The Labute approximate surface area is 120 Å². The first-order valence-corrected chi connectivity index (χ1v) is 7.02. The van der Waals surface area contributed by atoms with Crippen molar-refractivity contribution in [2.24, 2.45) is 0 Å². The third-order valence-corrected chi connectivity index (χ3v) is 3.09. The largest absolute Gasteiger partial charge is 0.385 e. The number of nitrogens with zero attached hydrogens (tertiary/aromatic N) is 1. The summed E-state index contributed by atoms with van der Waals surface area (Å²) in [6, 6.07) is 10.3. The van der Waals surface area contributed by atoms with Gasteiger partial charge in [0.25, 0.3) is 0 Å². The van der Waals surface area contributed by atoms with E-state index in [4.69, 9.17) is 9.47 Å². The van der Waals surface area contributed by atoms with Crippen LogP contribution in [0.2, 0.25) is 0 Å². The summed E-state index contributed by atoms with van der Waals surface area (Å²) >= 11 is 0. The number of ether oxygens (including phenoxy) is 2. The molecule has 2 rings (SSSR count). The van der Waals surface area contributed by atoms with Gasteiger partial charge in [-0.25, -0.2) is 0 Å². The zero-order chi connectivity index (χ0) is 14.0. The van der Waals surface area contributed by atoms with Crippen LogP contribution in [0.1, 0.15) is 12.0 Å². The van der Waals surface area contributed by atoms with Crippen molar-refractivity contribution in [1.29, 1.82) is 0 Å². The molecule has 0 saturated heterocycles. The van der Waals surface area contributed by atoms with Crippen LogP contribution in [0.15, 0.2) is 36.5 Å². The zero-order valence-corrected chi connectivity index (χ0v) is 12.0. The maximum absolute atomic E-state index is 5.50. The van der Waals surface area contributed by atoms with Crippen LogP contribution in [-0.4, -0.2) is 38.5 Å². The molecule has 20 heavy (non-hydrogen) atoms. The molecular formula is C16H22N2O2. The maximum atomic E-state index is 5.50. The first-order valence-electron chi connectivity index (χ1n) is 7.02. The van der Waals surface area contributed by atoms with E-state index < -0.39 is 0 Å². The highest BCUT2D eigenvalue weighted by atomic mass is 16.5. The van der Waals surface area contributed by atoms with Gasteiger partial charge in [0.05, 0.1) is 12.1 Å². The van der Waals surface area contributed by atoms with Crippen LogP contribution in [0.4, 0.5) is 0 Å². The standard InChI is InChI=1S/C16H22N2O2/c1-19-10-4-11-20-12-9-17-13-15-6-2-5-14-7-3-8-18-16(14)15/h2-3,5-8,17H,4,9-13H2,1H3. The molecule has 0 spiro atoms. The first kappa shape index (κ1) is 14.9. The van der Waals surface area contributed by atoms with Gasteiger partial charge in [-0.15, -0.1) is 0 Å². The van der Waals surface area contributed by atoms with Gasteiger partial charge in [0.2, 0.25) is 0 Å². The molecule has 2 aromatic rings. The number of fused-ring (bicyclic) bond motifs is 1. The van der Waals surface area contributed by atoms with E-state index in [9.17, 15) is 0 Å². The van der Waals surface area contributed by atoms with Crippen molar-refractivity contribution in [2.45, 2.75) is 13.0 Å². The van der Waals surface area contributed by atoms with Crippen molar-refractivity contribution >= 4 is 10.9 Å². The molecule has 0 fully saturated rings. The fraction of sp³-hybridized carbons (Fsp3) is 0.438. The average Bonchev–Trinajstić information content (AvgIpc) is 2.50. The maximum Gasteiger partial charge on any atom is 0.0746 e. The van der Waals surface area contributed by atoms with Crippen LogP contribution in [0.5, 0.6) is 0 Å². The molecule has 1 N–H and O–H groups in total. The lowest BCUT2D eigenvalue weighted by Gasteiger charge is -2.08. The molecule has 0 amide bonds. The van der Waals surface area contributed by atoms with Gasteiger partial charge in [-0.2, -0.15) is 0 Å². The quantitative estimate of drug-likeness (QED) is 0.713. The van der Waals surface area contributed by atoms with Crippen molar-refractivity contribution in [1.82, 2.24) is 10.3 Å². The molecular weight excluding hydrogens is 252 g/mol. The summed E-state index contributed by atoms with van der Waals surface area (Å²) in [6.45, 7) is 3.90. The second kappa shape index (κ2) is 8.64. The van der Waals surface area contributed by atoms with Gasteiger partial charge in [-0.05, 0) is 18.1 Å². The van der Waals surface area contributed by atoms with Crippen molar-refractivity contribution in [3.63, 3.8) is 0 Å². The van der Waals surface area contributed by atoms with E-state index in [1.54, 1.807) is 7.11 Å². The molecule has 1 heterocycles. The molecule has 0 bridgehead atoms. The Morgan fingerprint density at radius 2 is 2.00 bits per heavy atom. The number of benzene rings is 1. The van der Waals surface area contributed by atoms with Gasteiger partial charge < -0.3 is 14.8 Å². The van der Waals surface area contributed by atoms with E-state index in [-0.39, 0.29) is 0 Å². The summed E-state index contributed by atoms with van der Waals surface area (Å²) in [5.74, 6) is 0. The lowest BCUT2D eigenvalue weighted by Crippen LogP contribution is -2.20. The molecule has 0 saturated carbocycles. The average molecular weight is 274 g/mol. The minimum Gasteiger partial charge on any atom is -0.385 e. The summed E-state index contributed by atoms with van der Waals surface area (Å²) in [7, 11) is 1.71. The summed E-state index contributed by atoms with van der Waals surface area (Å²) in [4.78, 5) is 4.44. The van der Waals surface area contributed by atoms with Gasteiger partial charge >= 0.3 is 0 Å². The number of rotatable bonds is 9. The number of pyridine rings is 1. The molecule has 4 heteroatoms. The molecule has 0 radical (unpaired) electrons. The minimum absolute atomic E-state index is 0.724. The number of nitrogens with one attached hydrogen (secondary N) is 1. The summed E-state index contributed by atoms with van der Waals surface area (Å²) in [5, 5.41) is 4.57. The number of hydrogen-bond acceptors (Lipinski definition) is 4. The van der Waals surface area contributed by atoms with E-state index >= 15 is 0 Å². The summed E-state index contributed by atoms with van der Waals surface area (Å²) in [5.41, 5.74) is 2.30. The summed E-state index contributed by atoms with van der Waals surface area (Å²) < 4.78 is 10.5. The van der Waals surface area contributed by atoms with Gasteiger partial charge in [0, 0.05) is 45.0 Å². The second-order valence-electron chi connectivity index (χ2n) is 4.63. The Morgan fingerprint density at radius 1 is 1.10 bits per heavy atom. The lowest BCUT2D eigenvalue weighted by atomic mass is 10.1. The fourth-order valence-corrected chi connectivity index (χ4v) is 2.08. The predicted octanol–water partition coefficient (Wildman–Crippen LogP) is 2.38. The molecule has 0 aliphatic rings. The number of hydrogen-bond donors (Lipinski definition) is 1. The van der Waals surface area contributed by atoms with E-state index in [0.29, 0.717) is 0 Å². The predicted molar refractivity (Wildman–Crippen MR) is 80.8 cm³/mol. The normalized spacial score (nSPS) is 11.1. The second-order valence-corrected chi connectivity index (χ2v) is 4.63. The highest BCUT2D eigenvalue weighted by Crippen LogP contribution is 2.15. The van der Waals surface area contributed by atoms with Crippen LogP contribution in [0.25, 0.3) is 10.9 Å². The number of methoxy groups -OCH3 is 1. The molecule has 0 aliphatic heterocycles. The van der Waals surface area contributed by atoms with E-state index in [0.717, 1.165) is 44.8 Å². The first-order chi connectivity index (χ1) is 9.92. The molecule has 108 valence electrons. The lowest BCUT2D eigenvalue weighted by molar-refractivity contribution is 0.104. The highest BCUT2D eigenvalue weighted by molar-refractivity contribution is 5.81. The fourth-order valence-electron chi connectivity index (χ4n) is 2.08. The van der Waals surface area contributed by atoms with E-state index in [1.807, 2.05) is 12.3 Å². The molecule has 1 aromatic heterocycles. The van der Waals surface area contributed by atoms with Crippen LogP contribution in [0, 0.1) is 0 Å². The topological polar surface area (TPSA) is 43.4 Å². The van der Waals surface area contributed by atoms with E-state index in [1.165, 1.54) is 10.9 Å². The smallest absolute Gasteiger partial charge is 0.0746 e. The minimum atomic E-state index is 0.724. The van der Waals surface area contributed by atoms with Crippen molar-refractivity contribution in [3.05, 3.63) is 42.1 Å². The van der Waals surface area contributed by atoms with Crippen LogP contribution in [-0.2, 0) is 16.0 Å². The third-order valence-electron chi connectivity index (χ3n) is 3.09. The van der Waals surface area contributed by atoms with Gasteiger partial charge in [0.15, 0.2) is 0 Å². The Morgan fingerprint density at radius 3 is 2.90 bits per heavy atom. The van der Waals surface area contributed by atoms with Crippen LogP contribution >= 0.6 is 0 Å². The Hall–Kier alpha value is -1.49. The van der Waals surface area contributed by atoms with Crippen molar-refractivity contribution in [3.8, 4) is 0 Å². The van der Waals surface area contributed by atoms with Crippen LogP contribution in [0.3, 0.4) is 0 Å². The molecule has 0 aliphatic carbocycles. The van der Waals surface area contributed by atoms with Crippen LogP contribution < -0.4 is 5.32 Å². The van der Waals surface area contributed by atoms with Crippen molar-refractivity contribution in [2.75, 3.05) is 33.5 Å². The number of aromatic nitrogens is 1. The van der Waals surface area contributed by atoms with Gasteiger partial charge in [-0.1, -0.05) is 24.3 Å². The number of para-hydroxylation sites is 1. The molecule has 4 nitrogen and oxygen atoms in total. The third kappa shape index (κ3) is 4.56. The monoisotopic (exact) mass is 274 g/mol. The Balaban J connectivity index is 1.71. The summed E-state index contributed by atoms with van der Waals surface area (Å²) in [6.07, 6.45) is 2.79. The zero-order valence-electron chi connectivity index (χ0n) is 12.0. The van der Waals surface area contributed by atoms with Gasteiger partial charge in [-0.3, -0.25) is 4.98 Å². The Bertz CT molecular complexity index is 511.